The number of imidazole rings is 1. The first-order valence-electron chi connectivity index (χ1n) is 5.56. The van der Waals surface area contributed by atoms with Gasteiger partial charge in [0.05, 0.1) is 0 Å². The smallest absolute Gasteiger partial charge is 0.368 e. The highest BCUT2D eigenvalue weighted by atomic mass is 16.2. The minimum absolute atomic E-state index is 0.0700. The molecule has 10 nitrogen and oxygen atoms in total. The fraction of sp³-hybridized carbons (Fsp3) is 0.100. The van der Waals surface area contributed by atoms with Crippen molar-refractivity contribution in [2.45, 2.75) is 6.92 Å². The summed E-state index contributed by atoms with van der Waals surface area (Å²) in [5, 5.41) is 0. The van der Waals surface area contributed by atoms with E-state index in [2.05, 4.69) is 19.9 Å². The van der Waals surface area contributed by atoms with Crippen LogP contribution in [0.3, 0.4) is 0 Å². The number of rotatable bonds is 1. The number of anilines is 2. The topological polar surface area (TPSA) is 150 Å². The molecule has 0 amide bonds. The lowest BCUT2D eigenvalue weighted by molar-refractivity contribution is 0.621. The Morgan fingerprint density at radius 3 is 2.70 bits per heavy atom. The van der Waals surface area contributed by atoms with E-state index in [1.807, 2.05) is 0 Å². The van der Waals surface area contributed by atoms with Crippen molar-refractivity contribution in [3.05, 3.63) is 38.9 Å². The molecule has 20 heavy (non-hydrogen) atoms. The number of hydrogen-bond donors (Lipinski definition) is 3. The molecule has 3 aromatic heterocycles. The average molecular weight is 274 g/mol. The van der Waals surface area contributed by atoms with E-state index >= 15 is 0 Å². The number of aryl methyl sites for hydroxylation is 1. The fourth-order valence-electron chi connectivity index (χ4n) is 1.77. The molecule has 5 N–H and O–H groups in total. The van der Waals surface area contributed by atoms with Crippen LogP contribution in [0.2, 0.25) is 0 Å². The summed E-state index contributed by atoms with van der Waals surface area (Å²) in [6.45, 7) is 1.70. The van der Waals surface area contributed by atoms with Gasteiger partial charge in [0.1, 0.15) is 12.1 Å². The molecule has 102 valence electrons. The second kappa shape index (κ2) is 3.91. The van der Waals surface area contributed by atoms with Crippen LogP contribution < -0.4 is 22.7 Å². The molecular weight excluding hydrogens is 264 g/mol. The van der Waals surface area contributed by atoms with E-state index < -0.39 is 11.2 Å². The van der Waals surface area contributed by atoms with E-state index in [1.165, 1.54) is 17.2 Å². The van der Waals surface area contributed by atoms with Crippen molar-refractivity contribution in [3.8, 4) is 0 Å². The summed E-state index contributed by atoms with van der Waals surface area (Å²) in [5.74, 6) is 0.0680. The van der Waals surface area contributed by atoms with E-state index in [9.17, 15) is 9.59 Å². The van der Waals surface area contributed by atoms with Gasteiger partial charge in [0.25, 0.3) is 5.56 Å². The van der Waals surface area contributed by atoms with Gasteiger partial charge >= 0.3 is 5.69 Å². The van der Waals surface area contributed by atoms with Gasteiger partial charge in [-0.1, -0.05) is 0 Å². The largest absolute Gasteiger partial charge is 0.383 e. The number of nitrogens with zero attached hydrogens (tertiary/aromatic N) is 5. The summed E-state index contributed by atoms with van der Waals surface area (Å²) in [5.41, 5.74) is 10.8. The van der Waals surface area contributed by atoms with Crippen LogP contribution in [0.15, 0.2) is 22.1 Å². The Labute approximate surface area is 110 Å². The summed E-state index contributed by atoms with van der Waals surface area (Å²) in [6, 6.07) is 0. The quantitative estimate of drug-likeness (QED) is 0.486. The highest BCUT2D eigenvalue weighted by Gasteiger charge is 2.12. The molecule has 0 unspecified atom stereocenters. The van der Waals surface area contributed by atoms with Crippen molar-refractivity contribution in [1.29, 1.82) is 0 Å². The summed E-state index contributed by atoms with van der Waals surface area (Å²) < 4.78 is 2.43. The molecule has 3 aromatic rings. The number of nitrogens with two attached hydrogens (primary N) is 2. The third kappa shape index (κ3) is 1.62. The molecule has 0 radical (unpaired) electrons. The normalized spacial score (nSPS) is 11.1. The Morgan fingerprint density at radius 1 is 1.20 bits per heavy atom. The first-order chi connectivity index (χ1) is 9.47. The minimum Gasteiger partial charge on any atom is -0.383 e. The maximum Gasteiger partial charge on any atom is 0.368 e. The van der Waals surface area contributed by atoms with Gasteiger partial charge in [0.2, 0.25) is 5.95 Å². The molecule has 0 spiro atoms. The van der Waals surface area contributed by atoms with E-state index in [0.29, 0.717) is 5.56 Å². The number of fused-ring (bicyclic) bond motifs is 1. The van der Waals surface area contributed by atoms with Crippen LogP contribution in [0.4, 0.5) is 11.8 Å². The van der Waals surface area contributed by atoms with E-state index in [-0.39, 0.29) is 22.9 Å². The lowest BCUT2D eigenvalue weighted by atomic mass is 10.4. The van der Waals surface area contributed by atoms with Crippen LogP contribution in [0.25, 0.3) is 11.2 Å². The number of aromatic amines is 1. The summed E-state index contributed by atoms with van der Waals surface area (Å²) in [7, 11) is 0. The zero-order valence-electron chi connectivity index (χ0n) is 10.4. The average Bonchev–Trinajstić information content (AvgIpc) is 2.77. The van der Waals surface area contributed by atoms with Crippen molar-refractivity contribution in [2.24, 2.45) is 0 Å². The number of hydrogen-bond acceptors (Lipinski definition) is 7. The fourth-order valence-corrected chi connectivity index (χ4v) is 1.77. The van der Waals surface area contributed by atoms with Crippen LogP contribution in [-0.4, -0.2) is 29.3 Å². The number of nitrogen functional groups attached to an aromatic ring is 2. The van der Waals surface area contributed by atoms with Crippen molar-refractivity contribution in [2.75, 3.05) is 11.5 Å². The van der Waals surface area contributed by atoms with Gasteiger partial charge in [-0.25, -0.2) is 19.1 Å². The zero-order chi connectivity index (χ0) is 14.4. The van der Waals surface area contributed by atoms with Crippen LogP contribution in [-0.2, 0) is 0 Å². The van der Waals surface area contributed by atoms with E-state index in [1.54, 1.807) is 6.92 Å². The molecule has 0 aliphatic heterocycles. The predicted molar refractivity (Wildman–Crippen MR) is 71.0 cm³/mol. The second-order valence-electron chi connectivity index (χ2n) is 4.15. The summed E-state index contributed by atoms with van der Waals surface area (Å²) >= 11 is 0. The van der Waals surface area contributed by atoms with E-state index in [0.717, 1.165) is 4.68 Å². The Kier molecular flexibility index (Phi) is 2.33. The predicted octanol–water partition coefficient (Wildman–Crippen LogP) is -1.54. The lowest BCUT2D eigenvalue weighted by Crippen LogP contribution is -2.29. The maximum absolute atomic E-state index is 11.9. The first-order valence-corrected chi connectivity index (χ1v) is 5.56. The van der Waals surface area contributed by atoms with Crippen LogP contribution in [0, 0.1) is 6.92 Å². The molecule has 0 saturated carbocycles. The third-order valence-corrected chi connectivity index (χ3v) is 2.77. The SMILES string of the molecule is Cc1cn(-n2cnc3c(=O)[nH]c(N)nc32)c(=O)nc1N. The summed E-state index contributed by atoms with van der Waals surface area (Å²) in [4.78, 5) is 37.4. The lowest BCUT2D eigenvalue weighted by Gasteiger charge is -2.08. The number of nitrogens with one attached hydrogen (secondary N) is 1. The molecule has 0 bridgehead atoms. The Balaban J connectivity index is 2.39. The third-order valence-electron chi connectivity index (χ3n) is 2.77. The molecule has 0 atom stereocenters. The standard InChI is InChI=1S/C10H10N8O2/c1-4-2-17(10(20)14-6(4)11)18-3-13-5-7(18)15-9(12)16-8(5)19/h2-3H,1H3,(H2,11,14,20)(H3,12,15,16,19). The van der Waals surface area contributed by atoms with Crippen molar-refractivity contribution < 1.29 is 0 Å². The molecular formula is C10H10N8O2. The summed E-state index contributed by atoms with van der Waals surface area (Å²) in [6.07, 6.45) is 2.76. The van der Waals surface area contributed by atoms with E-state index in [4.69, 9.17) is 11.5 Å². The molecule has 10 heteroatoms. The van der Waals surface area contributed by atoms with Gasteiger partial charge in [-0.15, -0.1) is 0 Å². The number of aromatic nitrogens is 6. The Morgan fingerprint density at radius 2 is 1.95 bits per heavy atom. The second-order valence-corrected chi connectivity index (χ2v) is 4.15. The number of H-pyrrole nitrogens is 1. The van der Waals surface area contributed by atoms with Gasteiger partial charge in [-0.3, -0.25) is 9.78 Å². The van der Waals surface area contributed by atoms with Crippen LogP contribution >= 0.6 is 0 Å². The van der Waals surface area contributed by atoms with Crippen molar-refractivity contribution in [1.82, 2.24) is 29.3 Å². The van der Waals surface area contributed by atoms with Gasteiger partial charge in [-0.05, 0) is 6.92 Å². The first kappa shape index (κ1) is 11.9. The minimum atomic E-state index is -0.618. The molecule has 0 aromatic carbocycles. The molecule has 0 aliphatic carbocycles. The Hall–Kier alpha value is -3.17. The van der Waals surface area contributed by atoms with Gasteiger partial charge < -0.3 is 11.5 Å². The van der Waals surface area contributed by atoms with Crippen molar-refractivity contribution in [3.63, 3.8) is 0 Å². The van der Waals surface area contributed by atoms with Crippen LogP contribution in [0.5, 0.6) is 0 Å². The molecule has 0 saturated heterocycles. The highest BCUT2D eigenvalue weighted by molar-refractivity contribution is 5.70. The maximum atomic E-state index is 11.9. The van der Waals surface area contributed by atoms with Gasteiger partial charge in [0, 0.05) is 11.8 Å². The molecule has 3 heterocycles. The Bertz CT molecular complexity index is 935. The molecule has 0 fully saturated rings. The van der Waals surface area contributed by atoms with Crippen LogP contribution in [0.1, 0.15) is 5.56 Å². The van der Waals surface area contributed by atoms with Gasteiger partial charge in [0.15, 0.2) is 11.2 Å². The molecule has 0 aliphatic rings. The monoisotopic (exact) mass is 274 g/mol. The zero-order valence-corrected chi connectivity index (χ0v) is 10.4. The highest BCUT2D eigenvalue weighted by Crippen LogP contribution is 2.08. The molecule has 3 rings (SSSR count). The van der Waals surface area contributed by atoms with Crippen molar-refractivity contribution >= 4 is 22.9 Å². The van der Waals surface area contributed by atoms with Gasteiger partial charge in [-0.2, -0.15) is 9.97 Å².